The Hall–Kier alpha value is -2.24. The maximum absolute atomic E-state index is 13.4. The van der Waals surface area contributed by atoms with Crippen LogP contribution in [0.4, 0.5) is 4.39 Å². The fraction of sp³-hybridized carbons (Fsp3) is 0.350. The van der Waals surface area contributed by atoms with Crippen LogP contribution in [0.2, 0.25) is 0 Å². The van der Waals surface area contributed by atoms with Crippen molar-refractivity contribution in [1.82, 2.24) is 4.90 Å². The maximum atomic E-state index is 13.4. The summed E-state index contributed by atoms with van der Waals surface area (Å²) in [6, 6.07) is 14.2. The van der Waals surface area contributed by atoms with Gasteiger partial charge in [-0.2, -0.15) is 0 Å². The second-order valence-corrected chi connectivity index (χ2v) is 6.75. The van der Waals surface area contributed by atoms with Gasteiger partial charge in [0.2, 0.25) is 0 Å². The quantitative estimate of drug-likeness (QED) is 0.913. The van der Waals surface area contributed by atoms with Crippen molar-refractivity contribution < 1.29 is 13.9 Å². The molecule has 3 atom stereocenters. The number of nitrogens with zero attached hydrogens (tertiary/aromatic N) is 1. The molecule has 4 nitrogen and oxygen atoms in total. The van der Waals surface area contributed by atoms with Crippen LogP contribution in [0.3, 0.4) is 0 Å². The molecule has 1 unspecified atom stereocenters. The first-order valence-corrected chi connectivity index (χ1v) is 8.64. The molecule has 2 aliphatic heterocycles. The lowest BCUT2D eigenvalue weighted by Gasteiger charge is -2.39. The van der Waals surface area contributed by atoms with Gasteiger partial charge in [0.25, 0.3) is 5.91 Å². The highest BCUT2D eigenvalue weighted by atomic mass is 19.1. The Morgan fingerprint density at radius 2 is 1.92 bits per heavy atom. The van der Waals surface area contributed by atoms with Gasteiger partial charge in [-0.25, -0.2) is 4.39 Å². The predicted octanol–water partition coefficient (Wildman–Crippen LogP) is 2.42. The van der Waals surface area contributed by atoms with E-state index in [-0.39, 0.29) is 23.8 Å². The summed E-state index contributed by atoms with van der Waals surface area (Å²) in [5.41, 5.74) is 9.12. The van der Waals surface area contributed by atoms with Crippen molar-refractivity contribution in [3.8, 4) is 0 Å². The molecule has 0 aromatic heterocycles. The topological polar surface area (TPSA) is 55.6 Å². The van der Waals surface area contributed by atoms with Gasteiger partial charge in [-0.15, -0.1) is 0 Å². The molecule has 2 aromatic rings. The summed E-state index contributed by atoms with van der Waals surface area (Å²) < 4.78 is 19.0. The lowest BCUT2D eigenvalue weighted by atomic mass is 9.87. The van der Waals surface area contributed by atoms with E-state index in [1.165, 1.54) is 17.7 Å². The van der Waals surface area contributed by atoms with Gasteiger partial charge < -0.3 is 15.4 Å². The Kier molecular flexibility index (Phi) is 4.27. The van der Waals surface area contributed by atoms with E-state index in [1.54, 1.807) is 12.1 Å². The minimum Gasteiger partial charge on any atom is -0.367 e. The highest BCUT2D eigenvalue weighted by molar-refractivity contribution is 5.82. The molecule has 4 rings (SSSR count). The number of ether oxygens (including phenoxy) is 1. The van der Waals surface area contributed by atoms with Crippen LogP contribution >= 0.6 is 0 Å². The second-order valence-electron chi connectivity index (χ2n) is 6.75. The molecule has 25 heavy (non-hydrogen) atoms. The monoisotopic (exact) mass is 340 g/mol. The average molecular weight is 340 g/mol. The minimum absolute atomic E-state index is 0.0308. The second kappa shape index (κ2) is 6.58. The number of benzene rings is 2. The largest absolute Gasteiger partial charge is 0.367 e. The van der Waals surface area contributed by atoms with E-state index >= 15 is 0 Å². The molecule has 1 amide bonds. The standard InChI is InChI=1S/C20H21FN2O2/c21-15-7-5-14(6-8-15)19-17-4-2-1-3-13(17)9-10-23(19)20(24)18-11-16(22)12-25-18/h1-8,16,18-19H,9-12,22H2/t16?,18-,19+/m1/s1. The number of carbonyl (C=O) groups is 1. The molecular formula is C20H21FN2O2. The van der Waals surface area contributed by atoms with Crippen molar-refractivity contribution in [3.05, 3.63) is 71.0 Å². The minimum atomic E-state index is -0.483. The van der Waals surface area contributed by atoms with Crippen molar-refractivity contribution >= 4 is 5.91 Å². The number of fused-ring (bicyclic) bond motifs is 1. The van der Waals surface area contributed by atoms with E-state index in [0.717, 1.165) is 17.5 Å². The number of rotatable bonds is 2. The van der Waals surface area contributed by atoms with Gasteiger partial charge in [0.05, 0.1) is 12.6 Å². The van der Waals surface area contributed by atoms with Gasteiger partial charge in [-0.1, -0.05) is 36.4 Å². The molecule has 1 fully saturated rings. The van der Waals surface area contributed by atoms with E-state index < -0.39 is 6.10 Å². The van der Waals surface area contributed by atoms with E-state index in [9.17, 15) is 9.18 Å². The van der Waals surface area contributed by atoms with Gasteiger partial charge >= 0.3 is 0 Å². The Labute approximate surface area is 146 Å². The zero-order valence-electron chi connectivity index (χ0n) is 13.9. The number of nitrogens with two attached hydrogens (primary N) is 1. The van der Waals surface area contributed by atoms with Gasteiger partial charge in [0, 0.05) is 12.6 Å². The van der Waals surface area contributed by atoms with E-state index in [2.05, 4.69) is 6.07 Å². The number of amides is 1. The molecule has 0 saturated carbocycles. The van der Waals surface area contributed by atoms with E-state index in [1.807, 2.05) is 23.1 Å². The number of hydrogen-bond acceptors (Lipinski definition) is 3. The number of carbonyl (C=O) groups excluding carboxylic acids is 1. The lowest BCUT2D eigenvalue weighted by Crippen LogP contribution is -2.45. The van der Waals surface area contributed by atoms with Crippen LogP contribution in [0.1, 0.15) is 29.2 Å². The van der Waals surface area contributed by atoms with Crippen molar-refractivity contribution in [3.63, 3.8) is 0 Å². The van der Waals surface area contributed by atoms with Gasteiger partial charge in [0.15, 0.2) is 0 Å². The molecule has 0 radical (unpaired) electrons. The third-order valence-electron chi connectivity index (χ3n) is 5.06. The molecule has 2 heterocycles. The van der Waals surface area contributed by atoms with Gasteiger partial charge in [-0.3, -0.25) is 4.79 Å². The molecule has 2 N–H and O–H groups in total. The Morgan fingerprint density at radius 1 is 1.16 bits per heavy atom. The molecular weight excluding hydrogens is 319 g/mol. The van der Waals surface area contributed by atoms with Crippen LogP contribution in [-0.2, 0) is 16.0 Å². The highest BCUT2D eigenvalue weighted by Crippen LogP contribution is 2.36. The van der Waals surface area contributed by atoms with E-state index in [4.69, 9.17) is 10.5 Å². The summed E-state index contributed by atoms with van der Waals surface area (Å²) >= 11 is 0. The fourth-order valence-electron chi connectivity index (χ4n) is 3.82. The Morgan fingerprint density at radius 3 is 2.64 bits per heavy atom. The average Bonchev–Trinajstić information content (AvgIpc) is 3.07. The summed E-state index contributed by atoms with van der Waals surface area (Å²) in [5.74, 6) is -0.312. The van der Waals surface area contributed by atoms with Crippen molar-refractivity contribution in [2.75, 3.05) is 13.2 Å². The first-order chi connectivity index (χ1) is 12.1. The van der Waals surface area contributed by atoms with Crippen LogP contribution < -0.4 is 5.73 Å². The summed E-state index contributed by atoms with van der Waals surface area (Å²) in [5, 5.41) is 0. The molecule has 0 bridgehead atoms. The van der Waals surface area contributed by atoms with Crippen LogP contribution in [0.15, 0.2) is 48.5 Å². The van der Waals surface area contributed by atoms with Gasteiger partial charge in [0.1, 0.15) is 11.9 Å². The predicted molar refractivity (Wildman–Crippen MR) is 92.4 cm³/mol. The molecule has 2 aromatic carbocycles. The Bertz CT molecular complexity index is 778. The van der Waals surface area contributed by atoms with E-state index in [0.29, 0.717) is 19.6 Å². The zero-order chi connectivity index (χ0) is 17.4. The normalized spacial score (nSPS) is 25.7. The first kappa shape index (κ1) is 16.2. The van der Waals surface area contributed by atoms with Crippen molar-refractivity contribution in [2.45, 2.75) is 31.0 Å². The summed E-state index contributed by atoms with van der Waals surface area (Å²) in [7, 11) is 0. The third-order valence-corrected chi connectivity index (χ3v) is 5.06. The SMILES string of the molecule is NC1CO[C@@H](C(=O)N2CCc3ccccc3[C@@H]2c2ccc(F)cc2)C1. The molecule has 130 valence electrons. The molecule has 2 aliphatic rings. The summed E-state index contributed by atoms with van der Waals surface area (Å²) in [4.78, 5) is 14.9. The first-order valence-electron chi connectivity index (χ1n) is 8.64. The highest BCUT2D eigenvalue weighted by Gasteiger charge is 2.38. The Balaban J connectivity index is 1.72. The van der Waals surface area contributed by atoms with Crippen LogP contribution in [0.5, 0.6) is 0 Å². The van der Waals surface area contributed by atoms with Crippen LogP contribution in [0, 0.1) is 5.82 Å². The molecule has 0 spiro atoms. The summed E-state index contributed by atoms with van der Waals surface area (Å²) in [6.07, 6.45) is 0.870. The fourth-order valence-corrected chi connectivity index (χ4v) is 3.82. The molecule has 1 saturated heterocycles. The van der Waals surface area contributed by atoms with Crippen LogP contribution in [0.25, 0.3) is 0 Å². The number of halogens is 1. The molecule has 5 heteroatoms. The van der Waals surface area contributed by atoms with Gasteiger partial charge in [-0.05, 0) is 41.7 Å². The zero-order valence-corrected chi connectivity index (χ0v) is 13.9. The molecule has 0 aliphatic carbocycles. The van der Waals surface area contributed by atoms with Crippen molar-refractivity contribution in [2.24, 2.45) is 5.73 Å². The maximum Gasteiger partial charge on any atom is 0.252 e. The smallest absolute Gasteiger partial charge is 0.252 e. The summed E-state index contributed by atoms with van der Waals surface area (Å²) in [6.45, 7) is 1.04. The lowest BCUT2D eigenvalue weighted by molar-refractivity contribution is -0.143. The third kappa shape index (κ3) is 3.05. The van der Waals surface area contributed by atoms with Crippen LogP contribution in [-0.4, -0.2) is 36.1 Å². The van der Waals surface area contributed by atoms with Crippen molar-refractivity contribution in [1.29, 1.82) is 0 Å². The number of hydrogen-bond donors (Lipinski definition) is 1.